The van der Waals surface area contributed by atoms with E-state index in [0.29, 0.717) is 6.42 Å². The number of hydrogen-bond donors (Lipinski definition) is 1. The summed E-state index contributed by atoms with van der Waals surface area (Å²) in [6.07, 6.45) is 2.69. The summed E-state index contributed by atoms with van der Waals surface area (Å²) in [5, 5.41) is 0. The van der Waals surface area contributed by atoms with Crippen molar-refractivity contribution in [2.75, 3.05) is 12.9 Å². The summed E-state index contributed by atoms with van der Waals surface area (Å²) in [4.78, 5) is 11.4. The number of carbonyl (C=O) groups excluding carboxylic acids is 1. The zero-order chi connectivity index (χ0) is 15.9. The van der Waals surface area contributed by atoms with Crippen molar-refractivity contribution < 1.29 is 9.53 Å². The first kappa shape index (κ1) is 18.1. The zero-order valence-corrected chi connectivity index (χ0v) is 14.4. The summed E-state index contributed by atoms with van der Waals surface area (Å²) in [5.41, 5.74) is 9.10. The number of hydrogen-bond acceptors (Lipinski definition) is 4. The number of nitrogens with two attached hydrogens (primary N) is 1. The van der Waals surface area contributed by atoms with Crippen LogP contribution in [0.3, 0.4) is 0 Å². The van der Waals surface area contributed by atoms with E-state index in [4.69, 9.17) is 10.5 Å². The van der Waals surface area contributed by atoms with Crippen LogP contribution in [-0.2, 0) is 15.3 Å². The molecule has 1 aromatic rings. The van der Waals surface area contributed by atoms with Gasteiger partial charge in [0.15, 0.2) is 0 Å². The molecule has 0 heterocycles. The van der Waals surface area contributed by atoms with E-state index in [-0.39, 0.29) is 5.97 Å². The van der Waals surface area contributed by atoms with Crippen LogP contribution in [-0.4, -0.2) is 24.4 Å². The van der Waals surface area contributed by atoms with Gasteiger partial charge in [0, 0.05) is 5.75 Å². The van der Waals surface area contributed by atoms with Crippen molar-refractivity contribution in [2.24, 2.45) is 5.73 Å². The van der Waals surface area contributed by atoms with Crippen LogP contribution in [0.2, 0.25) is 0 Å². The fourth-order valence-electron chi connectivity index (χ4n) is 2.37. The summed E-state index contributed by atoms with van der Waals surface area (Å²) >= 11 is 1.93. The molecule has 0 saturated heterocycles. The van der Waals surface area contributed by atoms with Crippen molar-refractivity contribution in [3.8, 4) is 0 Å². The largest absolute Gasteiger partial charge is 0.468 e. The Labute approximate surface area is 132 Å². The highest BCUT2D eigenvalue weighted by Crippen LogP contribution is 2.19. The van der Waals surface area contributed by atoms with E-state index in [2.05, 4.69) is 32.0 Å². The normalized spacial score (nSPS) is 13.8. The number of thioether (sulfide) groups is 1. The van der Waals surface area contributed by atoms with Crippen molar-refractivity contribution in [3.63, 3.8) is 0 Å². The third-order valence-electron chi connectivity index (χ3n) is 3.44. The van der Waals surface area contributed by atoms with Gasteiger partial charge >= 0.3 is 5.97 Å². The Balaban J connectivity index is 2.22. The van der Waals surface area contributed by atoms with Crippen LogP contribution in [0.15, 0.2) is 18.2 Å². The Hall–Kier alpha value is -1.00. The average Bonchev–Trinajstić information content (AvgIpc) is 2.40. The fourth-order valence-corrected chi connectivity index (χ4v) is 3.33. The van der Waals surface area contributed by atoms with Crippen molar-refractivity contribution in [1.29, 1.82) is 0 Å². The molecule has 0 aromatic heterocycles. The third kappa shape index (κ3) is 6.53. The molecule has 0 bridgehead atoms. The molecule has 1 rings (SSSR count). The summed E-state index contributed by atoms with van der Waals surface area (Å²) in [7, 11) is 1.38. The highest BCUT2D eigenvalue weighted by Gasteiger charge is 2.28. The van der Waals surface area contributed by atoms with Gasteiger partial charge in [-0.15, -0.1) is 0 Å². The first-order valence-corrected chi connectivity index (χ1v) is 8.53. The molecule has 4 heteroatoms. The van der Waals surface area contributed by atoms with Gasteiger partial charge in [-0.3, -0.25) is 4.79 Å². The van der Waals surface area contributed by atoms with Crippen LogP contribution in [0.25, 0.3) is 0 Å². The van der Waals surface area contributed by atoms with E-state index >= 15 is 0 Å². The first-order valence-electron chi connectivity index (χ1n) is 7.37. The first-order chi connectivity index (χ1) is 9.85. The number of unbranched alkanes of at least 4 members (excludes halogenated alkanes) is 1. The monoisotopic (exact) mass is 309 g/mol. The van der Waals surface area contributed by atoms with Crippen LogP contribution in [0, 0.1) is 13.8 Å². The smallest absolute Gasteiger partial charge is 0.325 e. The maximum Gasteiger partial charge on any atom is 0.325 e. The minimum Gasteiger partial charge on any atom is -0.468 e. The SMILES string of the molecule is COC(=O)C(C)(N)CCCCSCc1cc(C)cc(C)c1. The molecule has 2 N–H and O–H groups in total. The lowest BCUT2D eigenvalue weighted by atomic mass is 9.97. The second kappa shape index (κ2) is 8.44. The minimum absolute atomic E-state index is 0.328. The maximum atomic E-state index is 11.4. The molecular formula is C17H27NO2S. The molecule has 0 aliphatic carbocycles. The standard InChI is InChI=1S/C17H27NO2S/c1-13-9-14(2)11-15(10-13)12-21-8-6-5-7-17(3,18)16(19)20-4/h9-11H,5-8,12,18H2,1-4H3. The van der Waals surface area contributed by atoms with Crippen LogP contribution in [0.4, 0.5) is 0 Å². The van der Waals surface area contributed by atoms with Gasteiger partial charge in [0.05, 0.1) is 7.11 Å². The van der Waals surface area contributed by atoms with Gasteiger partial charge in [0.2, 0.25) is 0 Å². The van der Waals surface area contributed by atoms with Crippen molar-refractivity contribution >= 4 is 17.7 Å². The summed E-state index contributed by atoms with van der Waals surface area (Å²) in [5.74, 6) is 1.80. The molecule has 1 atom stereocenters. The van der Waals surface area contributed by atoms with Gasteiger partial charge in [0.1, 0.15) is 5.54 Å². The molecule has 0 fully saturated rings. The van der Waals surface area contributed by atoms with E-state index in [1.54, 1.807) is 6.92 Å². The molecule has 0 radical (unpaired) electrons. The van der Waals surface area contributed by atoms with Crippen LogP contribution in [0.5, 0.6) is 0 Å². The van der Waals surface area contributed by atoms with Crippen molar-refractivity contribution in [1.82, 2.24) is 0 Å². The number of ether oxygens (including phenoxy) is 1. The van der Waals surface area contributed by atoms with Crippen LogP contribution >= 0.6 is 11.8 Å². The topological polar surface area (TPSA) is 52.3 Å². The van der Waals surface area contributed by atoms with Gasteiger partial charge in [-0.05, 0) is 44.9 Å². The number of benzene rings is 1. The van der Waals surface area contributed by atoms with Gasteiger partial charge in [-0.25, -0.2) is 0 Å². The predicted molar refractivity (Wildman–Crippen MR) is 90.5 cm³/mol. The fraction of sp³-hybridized carbons (Fsp3) is 0.588. The maximum absolute atomic E-state index is 11.4. The van der Waals surface area contributed by atoms with E-state index < -0.39 is 5.54 Å². The molecule has 1 unspecified atom stereocenters. The number of aryl methyl sites for hydroxylation is 2. The van der Waals surface area contributed by atoms with E-state index in [0.717, 1.165) is 24.3 Å². The van der Waals surface area contributed by atoms with E-state index in [1.165, 1.54) is 23.8 Å². The molecule has 1 aromatic carbocycles. The predicted octanol–water partition coefficient (Wildman–Crippen LogP) is 3.60. The van der Waals surface area contributed by atoms with Crippen LogP contribution in [0.1, 0.15) is 42.9 Å². The quantitative estimate of drug-likeness (QED) is 0.589. The lowest BCUT2D eigenvalue weighted by Gasteiger charge is -2.20. The van der Waals surface area contributed by atoms with Crippen molar-refractivity contribution in [2.45, 2.75) is 51.3 Å². The highest BCUT2D eigenvalue weighted by molar-refractivity contribution is 7.98. The number of carbonyl (C=O) groups is 1. The molecule has 0 amide bonds. The Morgan fingerprint density at radius 3 is 2.43 bits per heavy atom. The molecule has 0 saturated carbocycles. The Morgan fingerprint density at radius 2 is 1.86 bits per heavy atom. The third-order valence-corrected chi connectivity index (χ3v) is 4.55. The minimum atomic E-state index is -0.854. The van der Waals surface area contributed by atoms with E-state index in [1.807, 2.05) is 11.8 Å². The lowest BCUT2D eigenvalue weighted by molar-refractivity contribution is -0.146. The average molecular weight is 309 g/mol. The second-order valence-corrected chi connectivity index (χ2v) is 7.02. The van der Waals surface area contributed by atoms with Gasteiger partial charge in [0.25, 0.3) is 0 Å². The van der Waals surface area contributed by atoms with E-state index in [9.17, 15) is 4.79 Å². The van der Waals surface area contributed by atoms with Gasteiger partial charge in [-0.1, -0.05) is 35.7 Å². The summed E-state index contributed by atoms with van der Waals surface area (Å²) in [6, 6.07) is 6.69. The van der Waals surface area contributed by atoms with Gasteiger partial charge in [-0.2, -0.15) is 11.8 Å². The van der Waals surface area contributed by atoms with Gasteiger partial charge < -0.3 is 10.5 Å². The molecule has 0 aliphatic rings. The molecule has 0 spiro atoms. The molecule has 3 nitrogen and oxygen atoms in total. The summed E-state index contributed by atoms with van der Waals surface area (Å²) in [6.45, 7) is 6.01. The highest BCUT2D eigenvalue weighted by atomic mass is 32.2. The molecule has 0 aliphatic heterocycles. The second-order valence-electron chi connectivity index (χ2n) is 5.91. The Kier molecular flexibility index (Phi) is 7.26. The molecular weight excluding hydrogens is 282 g/mol. The lowest BCUT2D eigenvalue weighted by Crippen LogP contribution is -2.45. The Bertz CT molecular complexity index is 452. The number of methoxy groups -OCH3 is 1. The van der Waals surface area contributed by atoms with Crippen LogP contribution < -0.4 is 5.73 Å². The number of esters is 1. The number of rotatable bonds is 8. The molecule has 118 valence electrons. The molecule has 21 heavy (non-hydrogen) atoms. The van der Waals surface area contributed by atoms with Crippen molar-refractivity contribution in [3.05, 3.63) is 34.9 Å². The summed E-state index contributed by atoms with van der Waals surface area (Å²) < 4.78 is 4.70. The zero-order valence-electron chi connectivity index (χ0n) is 13.6. The Morgan fingerprint density at radius 1 is 1.24 bits per heavy atom.